The third-order valence-electron chi connectivity index (χ3n) is 2.55. The molecular weight excluding hydrogens is 300 g/mol. The van der Waals surface area contributed by atoms with Crippen molar-refractivity contribution in [3.8, 4) is 0 Å². The SMILES string of the molecule is Cc1cc(NCc2ccoc2)c(Br)cc1[N+](=O)[O-]. The quantitative estimate of drug-likeness (QED) is 0.687. The van der Waals surface area contributed by atoms with Crippen molar-refractivity contribution in [2.24, 2.45) is 0 Å². The zero-order chi connectivity index (χ0) is 13.1. The number of benzene rings is 1. The third kappa shape index (κ3) is 2.70. The summed E-state index contributed by atoms with van der Waals surface area (Å²) in [7, 11) is 0. The monoisotopic (exact) mass is 310 g/mol. The number of hydrogen-bond acceptors (Lipinski definition) is 4. The first kappa shape index (κ1) is 12.6. The second-order valence-electron chi connectivity index (χ2n) is 3.86. The van der Waals surface area contributed by atoms with Crippen LogP contribution in [0.1, 0.15) is 11.1 Å². The van der Waals surface area contributed by atoms with Gasteiger partial charge in [-0.3, -0.25) is 10.1 Å². The van der Waals surface area contributed by atoms with Crippen molar-refractivity contribution in [3.63, 3.8) is 0 Å². The molecule has 0 atom stereocenters. The molecule has 0 spiro atoms. The lowest BCUT2D eigenvalue weighted by molar-refractivity contribution is -0.385. The van der Waals surface area contributed by atoms with Gasteiger partial charge in [0.05, 0.1) is 17.4 Å². The Labute approximate surface area is 112 Å². The van der Waals surface area contributed by atoms with Crippen LogP contribution in [0.15, 0.2) is 39.6 Å². The fourth-order valence-electron chi connectivity index (χ4n) is 1.59. The topological polar surface area (TPSA) is 68.3 Å². The first-order valence-electron chi connectivity index (χ1n) is 5.27. The number of nitrogens with one attached hydrogen (secondary N) is 1. The molecule has 5 nitrogen and oxygen atoms in total. The summed E-state index contributed by atoms with van der Waals surface area (Å²) in [6, 6.07) is 5.12. The van der Waals surface area contributed by atoms with Gasteiger partial charge in [-0.25, -0.2) is 0 Å². The van der Waals surface area contributed by atoms with E-state index in [1.807, 2.05) is 6.07 Å². The summed E-state index contributed by atoms with van der Waals surface area (Å²) in [6.45, 7) is 2.32. The Hall–Kier alpha value is -1.82. The van der Waals surface area contributed by atoms with Crippen LogP contribution in [0.4, 0.5) is 11.4 Å². The van der Waals surface area contributed by atoms with Crippen LogP contribution >= 0.6 is 15.9 Å². The summed E-state index contributed by atoms with van der Waals surface area (Å²) in [4.78, 5) is 10.4. The van der Waals surface area contributed by atoms with Gasteiger partial charge >= 0.3 is 0 Å². The van der Waals surface area contributed by atoms with E-state index >= 15 is 0 Å². The minimum absolute atomic E-state index is 0.107. The lowest BCUT2D eigenvalue weighted by Crippen LogP contribution is -2.01. The highest BCUT2D eigenvalue weighted by atomic mass is 79.9. The molecule has 0 saturated heterocycles. The van der Waals surface area contributed by atoms with E-state index in [2.05, 4.69) is 21.2 Å². The Balaban J connectivity index is 2.19. The summed E-state index contributed by atoms with van der Waals surface area (Å²) in [5.74, 6) is 0. The Morgan fingerprint density at radius 2 is 2.28 bits per heavy atom. The minimum Gasteiger partial charge on any atom is -0.472 e. The van der Waals surface area contributed by atoms with Crippen LogP contribution in [-0.2, 0) is 6.54 Å². The molecule has 0 amide bonds. The molecule has 18 heavy (non-hydrogen) atoms. The normalized spacial score (nSPS) is 10.3. The van der Waals surface area contributed by atoms with E-state index in [0.717, 1.165) is 11.3 Å². The maximum absolute atomic E-state index is 10.8. The molecule has 1 aromatic heterocycles. The lowest BCUT2D eigenvalue weighted by Gasteiger charge is -2.08. The van der Waals surface area contributed by atoms with Crippen LogP contribution in [0.3, 0.4) is 0 Å². The highest BCUT2D eigenvalue weighted by molar-refractivity contribution is 9.10. The highest BCUT2D eigenvalue weighted by Crippen LogP contribution is 2.30. The molecule has 1 aromatic carbocycles. The number of furan rings is 1. The van der Waals surface area contributed by atoms with E-state index in [1.165, 1.54) is 6.07 Å². The number of aryl methyl sites for hydroxylation is 1. The van der Waals surface area contributed by atoms with Gasteiger partial charge in [0.2, 0.25) is 0 Å². The van der Waals surface area contributed by atoms with Crippen molar-refractivity contribution in [1.29, 1.82) is 0 Å². The fourth-order valence-corrected chi connectivity index (χ4v) is 2.07. The predicted octanol–water partition coefficient (Wildman–Crippen LogP) is 3.87. The van der Waals surface area contributed by atoms with Gasteiger partial charge in [0.15, 0.2) is 0 Å². The van der Waals surface area contributed by atoms with Gasteiger partial charge in [0, 0.05) is 33.9 Å². The number of anilines is 1. The minimum atomic E-state index is -0.389. The maximum Gasteiger partial charge on any atom is 0.273 e. The summed E-state index contributed by atoms with van der Waals surface area (Å²) in [5.41, 5.74) is 2.56. The highest BCUT2D eigenvalue weighted by Gasteiger charge is 2.13. The van der Waals surface area contributed by atoms with E-state index in [0.29, 0.717) is 16.6 Å². The van der Waals surface area contributed by atoms with Crippen molar-refractivity contribution >= 4 is 27.3 Å². The number of nitro benzene ring substituents is 1. The number of halogens is 1. The van der Waals surface area contributed by atoms with E-state index in [1.54, 1.807) is 25.5 Å². The van der Waals surface area contributed by atoms with Crippen molar-refractivity contribution in [1.82, 2.24) is 0 Å². The summed E-state index contributed by atoms with van der Waals surface area (Å²) in [6.07, 6.45) is 3.26. The van der Waals surface area contributed by atoms with Gasteiger partial charge in [0.1, 0.15) is 0 Å². The Morgan fingerprint density at radius 3 is 2.89 bits per heavy atom. The molecule has 0 unspecified atom stereocenters. The molecule has 0 aliphatic rings. The largest absolute Gasteiger partial charge is 0.472 e. The Morgan fingerprint density at radius 1 is 1.50 bits per heavy atom. The van der Waals surface area contributed by atoms with E-state index in [-0.39, 0.29) is 10.6 Å². The number of hydrogen-bond donors (Lipinski definition) is 1. The van der Waals surface area contributed by atoms with Gasteiger partial charge in [-0.15, -0.1) is 0 Å². The Kier molecular flexibility index (Phi) is 3.66. The van der Waals surface area contributed by atoms with Gasteiger partial charge in [-0.1, -0.05) is 0 Å². The predicted molar refractivity (Wildman–Crippen MR) is 71.6 cm³/mol. The van der Waals surface area contributed by atoms with Crippen molar-refractivity contribution < 1.29 is 9.34 Å². The average Bonchev–Trinajstić information content (AvgIpc) is 2.82. The molecule has 1 N–H and O–H groups in total. The van der Waals surface area contributed by atoms with Gasteiger partial charge in [0.25, 0.3) is 5.69 Å². The Bertz CT molecular complexity index is 567. The second kappa shape index (κ2) is 5.22. The molecule has 0 radical (unpaired) electrons. The smallest absolute Gasteiger partial charge is 0.273 e. The molecule has 1 heterocycles. The standard InChI is InChI=1S/C12H11BrN2O3/c1-8-4-11(10(13)5-12(8)15(16)17)14-6-9-2-3-18-7-9/h2-5,7,14H,6H2,1H3. The van der Waals surface area contributed by atoms with Crippen molar-refractivity contribution in [2.45, 2.75) is 13.5 Å². The number of nitro groups is 1. The summed E-state index contributed by atoms with van der Waals surface area (Å²) >= 11 is 3.32. The molecule has 0 aliphatic heterocycles. The molecule has 0 aliphatic carbocycles. The molecule has 2 aromatic rings. The number of rotatable bonds is 4. The van der Waals surface area contributed by atoms with E-state index in [4.69, 9.17) is 4.42 Å². The third-order valence-corrected chi connectivity index (χ3v) is 3.20. The van der Waals surface area contributed by atoms with Crippen LogP contribution in [0.2, 0.25) is 0 Å². The summed E-state index contributed by atoms with van der Waals surface area (Å²) in [5, 5.41) is 14.0. The summed E-state index contributed by atoms with van der Waals surface area (Å²) < 4.78 is 5.64. The number of nitrogens with zero attached hydrogens (tertiary/aromatic N) is 1. The van der Waals surface area contributed by atoms with Crippen molar-refractivity contribution in [3.05, 3.63) is 56.4 Å². The van der Waals surface area contributed by atoms with Gasteiger partial charge in [-0.2, -0.15) is 0 Å². The van der Waals surface area contributed by atoms with E-state index in [9.17, 15) is 10.1 Å². The van der Waals surface area contributed by atoms with Crippen LogP contribution < -0.4 is 5.32 Å². The average molecular weight is 311 g/mol. The molecular formula is C12H11BrN2O3. The van der Waals surface area contributed by atoms with Crippen LogP contribution in [0.5, 0.6) is 0 Å². The lowest BCUT2D eigenvalue weighted by atomic mass is 10.2. The second-order valence-corrected chi connectivity index (χ2v) is 4.72. The molecule has 6 heteroatoms. The van der Waals surface area contributed by atoms with Crippen LogP contribution in [-0.4, -0.2) is 4.92 Å². The first-order chi connectivity index (χ1) is 8.58. The first-order valence-corrected chi connectivity index (χ1v) is 6.06. The molecule has 0 bridgehead atoms. The van der Waals surface area contributed by atoms with Crippen LogP contribution in [0.25, 0.3) is 0 Å². The molecule has 0 saturated carbocycles. The van der Waals surface area contributed by atoms with Crippen molar-refractivity contribution in [2.75, 3.05) is 5.32 Å². The van der Waals surface area contributed by atoms with Gasteiger partial charge < -0.3 is 9.73 Å². The van der Waals surface area contributed by atoms with Crippen LogP contribution in [0, 0.1) is 17.0 Å². The zero-order valence-electron chi connectivity index (χ0n) is 9.64. The zero-order valence-corrected chi connectivity index (χ0v) is 11.2. The van der Waals surface area contributed by atoms with E-state index < -0.39 is 0 Å². The maximum atomic E-state index is 10.8. The molecule has 94 valence electrons. The molecule has 0 fully saturated rings. The fraction of sp³-hybridized carbons (Fsp3) is 0.167. The molecule has 2 rings (SSSR count). The van der Waals surface area contributed by atoms with Gasteiger partial charge in [-0.05, 0) is 35.0 Å².